The fraction of sp³-hybridized carbons (Fsp3) is 0.143. The van der Waals surface area contributed by atoms with Gasteiger partial charge in [0.25, 0.3) is 0 Å². The first kappa shape index (κ1) is 21.2. The molecule has 4 aromatic rings. The molecule has 0 aromatic heterocycles. The molecule has 176 valence electrons. The predicted octanol–water partition coefficient (Wildman–Crippen LogP) is 4.66. The van der Waals surface area contributed by atoms with E-state index >= 15 is 0 Å². The molecule has 7 heteroatoms. The molecule has 1 heterocycles. The molecule has 0 saturated heterocycles. The zero-order valence-electron chi connectivity index (χ0n) is 18.3. The lowest BCUT2D eigenvalue weighted by molar-refractivity contribution is 0.157. The Labute approximate surface area is 200 Å². The van der Waals surface area contributed by atoms with E-state index in [1.54, 1.807) is 42.5 Å². The van der Waals surface area contributed by atoms with Gasteiger partial charge in [0.15, 0.2) is 0 Å². The fourth-order valence-electron chi connectivity index (χ4n) is 5.52. The molecule has 0 amide bonds. The number of phenolic OH excluding ortho intramolecular Hbond substituents is 5. The van der Waals surface area contributed by atoms with Gasteiger partial charge in [-0.05, 0) is 58.7 Å². The van der Waals surface area contributed by atoms with Gasteiger partial charge < -0.3 is 35.4 Å². The molecule has 35 heavy (non-hydrogen) atoms. The minimum atomic E-state index is -1.18. The van der Waals surface area contributed by atoms with Crippen LogP contribution in [0.5, 0.6) is 34.5 Å². The Morgan fingerprint density at radius 1 is 0.543 bits per heavy atom. The molecule has 6 rings (SSSR count). The van der Waals surface area contributed by atoms with Crippen LogP contribution in [-0.2, 0) is 0 Å². The summed E-state index contributed by atoms with van der Waals surface area (Å²) in [7, 11) is 0. The minimum absolute atomic E-state index is 0.0622. The molecule has 0 bridgehead atoms. The second-order valence-electron chi connectivity index (χ2n) is 9.04. The number of hydrogen-bond donors (Lipinski definition) is 6. The maximum Gasteiger partial charge on any atom is 0.135 e. The number of aliphatic hydroxyl groups is 1. The zero-order chi connectivity index (χ0) is 24.4. The van der Waals surface area contributed by atoms with Crippen molar-refractivity contribution in [1.29, 1.82) is 0 Å². The van der Waals surface area contributed by atoms with Gasteiger partial charge in [-0.1, -0.05) is 24.3 Å². The van der Waals surface area contributed by atoms with Gasteiger partial charge in [-0.3, -0.25) is 0 Å². The van der Waals surface area contributed by atoms with Gasteiger partial charge in [-0.15, -0.1) is 0 Å². The molecule has 4 atom stereocenters. The summed E-state index contributed by atoms with van der Waals surface area (Å²) in [5, 5.41) is 63.3. The second-order valence-corrected chi connectivity index (χ2v) is 9.04. The summed E-state index contributed by atoms with van der Waals surface area (Å²) in [6, 6.07) is 18.7. The van der Waals surface area contributed by atoms with Gasteiger partial charge >= 0.3 is 0 Å². The van der Waals surface area contributed by atoms with Crippen LogP contribution < -0.4 is 4.74 Å². The summed E-state index contributed by atoms with van der Waals surface area (Å²) in [5.74, 6) is -1.15. The molecule has 0 fully saturated rings. The molecule has 0 spiro atoms. The molecule has 0 saturated carbocycles. The Hall–Kier alpha value is -4.36. The van der Waals surface area contributed by atoms with Crippen molar-refractivity contribution in [2.24, 2.45) is 0 Å². The van der Waals surface area contributed by atoms with Crippen LogP contribution in [0.1, 0.15) is 57.4 Å². The van der Waals surface area contributed by atoms with Gasteiger partial charge in [0.1, 0.15) is 40.6 Å². The normalized spacial score (nSPS) is 22.1. The average molecular weight is 470 g/mol. The van der Waals surface area contributed by atoms with Crippen LogP contribution in [0.15, 0.2) is 72.8 Å². The number of phenols is 5. The number of aromatic hydroxyl groups is 5. The lowest BCUT2D eigenvalue weighted by Gasteiger charge is -2.27. The highest BCUT2D eigenvalue weighted by atomic mass is 16.5. The Morgan fingerprint density at radius 3 is 1.77 bits per heavy atom. The van der Waals surface area contributed by atoms with Crippen LogP contribution in [0.4, 0.5) is 0 Å². The van der Waals surface area contributed by atoms with E-state index in [-0.39, 0.29) is 28.7 Å². The lowest BCUT2D eigenvalue weighted by atomic mass is 9.80. The van der Waals surface area contributed by atoms with Crippen LogP contribution in [0.3, 0.4) is 0 Å². The molecule has 2 aliphatic rings. The van der Waals surface area contributed by atoms with Gasteiger partial charge in [0.05, 0.1) is 12.0 Å². The topological polar surface area (TPSA) is 131 Å². The van der Waals surface area contributed by atoms with Crippen LogP contribution in [0, 0.1) is 0 Å². The van der Waals surface area contributed by atoms with E-state index in [9.17, 15) is 30.6 Å². The number of ether oxygens (including phenoxy) is 1. The molecule has 1 aliphatic heterocycles. The van der Waals surface area contributed by atoms with Crippen LogP contribution >= 0.6 is 0 Å². The van der Waals surface area contributed by atoms with Crippen molar-refractivity contribution in [2.75, 3.05) is 0 Å². The fourth-order valence-corrected chi connectivity index (χ4v) is 5.52. The molecular weight excluding hydrogens is 448 g/mol. The highest BCUT2D eigenvalue weighted by molar-refractivity contribution is 5.65. The summed E-state index contributed by atoms with van der Waals surface area (Å²) in [6.45, 7) is 0. The highest BCUT2D eigenvalue weighted by Gasteiger charge is 2.47. The molecule has 0 unspecified atom stereocenters. The minimum Gasteiger partial charge on any atom is -0.508 e. The second kappa shape index (κ2) is 7.58. The average Bonchev–Trinajstić information content (AvgIpc) is 3.15. The first-order valence-electron chi connectivity index (χ1n) is 11.2. The first-order chi connectivity index (χ1) is 16.8. The van der Waals surface area contributed by atoms with Crippen molar-refractivity contribution in [3.8, 4) is 34.5 Å². The van der Waals surface area contributed by atoms with Gasteiger partial charge in [-0.25, -0.2) is 0 Å². The summed E-state index contributed by atoms with van der Waals surface area (Å²) in [6.07, 6.45) is -1.79. The largest absolute Gasteiger partial charge is 0.508 e. The van der Waals surface area contributed by atoms with Crippen LogP contribution in [0.25, 0.3) is 0 Å². The van der Waals surface area contributed by atoms with E-state index in [0.29, 0.717) is 33.6 Å². The molecular formula is C28H22O7. The SMILES string of the molecule is Oc1ccc([C@H]2c3c(O)cc(O)cc3[C@H]3c4c(cc(O)cc4[C@H]2O)O[C@@H]3c2ccc(O)cc2)cc1. The van der Waals surface area contributed by atoms with Crippen molar-refractivity contribution < 1.29 is 35.4 Å². The van der Waals surface area contributed by atoms with E-state index in [0.717, 1.165) is 5.56 Å². The number of benzene rings is 4. The summed E-state index contributed by atoms with van der Waals surface area (Å²) in [4.78, 5) is 0. The van der Waals surface area contributed by atoms with Gasteiger partial charge in [-0.2, -0.15) is 0 Å². The maximum atomic E-state index is 11.7. The number of rotatable bonds is 2. The standard InChI is InChI=1S/C28H22O7/c29-15-5-1-13(2-6-15)23-24-19(9-17(31)11-21(24)33)26-25-20(27(23)34)10-18(32)12-22(25)35-28(26)14-3-7-16(30)8-4-14/h1-12,23,26-34H/t23-,26-,27+,28+/m0/s1. The van der Waals surface area contributed by atoms with Crippen LogP contribution in [0.2, 0.25) is 0 Å². The Balaban J connectivity index is 1.67. The number of hydrogen-bond acceptors (Lipinski definition) is 7. The van der Waals surface area contributed by atoms with E-state index in [2.05, 4.69) is 0 Å². The van der Waals surface area contributed by atoms with Crippen molar-refractivity contribution in [3.05, 3.63) is 106 Å². The Morgan fingerprint density at radius 2 is 1.11 bits per heavy atom. The summed E-state index contributed by atoms with van der Waals surface area (Å²) < 4.78 is 6.29. The third-order valence-corrected chi connectivity index (χ3v) is 6.96. The third-order valence-electron chi connectivity index (χ3n) is 6.96. The van der Waals surface area contributed by atoms with E-state index in [1.165, 1.54) is 30.3 Å². The molecule has 6 N–H and O–H groups in total. The zero-order valence-corrected chi connectivity index (χ0v) is 18.3. The maximum absolute atomic E-state index is 11.7. The molecule has 7 nitrogen and oxygen atoms in total. The molecule has 4 aromatic carbocycles. The smallest absolute Gasteiger partial charge is 0.135 e. The van der Waals surface area contributed by atoms with E-state index in [1.807, 2.05) is 0 Å². The van der Waals surface area contributed by atoms with Gasteiger partial charge in [0.2, 0.25) is 0 Å². The Bertz CT molecular complexity index is 1440. The third kappa shape index (κ3) is 3.24. The number of aliphatic hydroxyl groups excluding tert-OH is 1. The monoisotopic (exact) mass is 470 g/mol. The van der Waals surface area contributed by atoms with Crippen LogP contribution in [-0.4, -0.2) is 30.6 Å². The quantitative estimate of drug-likeness (QED) is 0.251. The van der Waals surface area contributed by atoms with Gasteiger partial charge in [0, 0.05) is 29.2 Å². The summed E-state index contributed by atoms with van der Waals surface area (Å²) >= 11 is 0. The highest BCUT2D eigenvalue weighted by Crippen LogP contribution is 2.60. The Kier molecular flexibility index (Phi) is 4.59. The summed E-state index contributed by atoms with van der Waals surface area (Å²) in [5.41, 5.74) is 3.46. The van der Waals surface area contributed by atoms with Crippen molar-refractivity contribution in [2.45, 2.75) is 24.0 Å². The van der Waals surface area contributed by atoms with E-state index < -0.39 is 24.0 Å². The molecule has 1 aliphatic carbocycles. The van der Waals surface area contributed by atoms with Crippen molar-refractivity contribution in [1.82, 2.24) is 0 Å². The van der Waals surface area contributed by atoms with Crippen molar-refractivity contribution >= 4 is 0 Å². The lowest BCUT2D eigenvalue weighted by Crippen LogP contribution is -2.15. The molecule has 0 radical (unpaired) electrons. The van der Waals surface area contributed by atoms with E-state index in [4.69, 9.17) is 4.74 Å². The predicted molar refractivity (Wildman–Crippen MR) is 126 cm³/mol. The van der Waals surface area contributed by atoms with Crippen molar-refractivity contribution in [3.63, 3.8) is 0 Å². The first-order valence-corrected chi connectivity index (χ1v) is 11.2. The number of fused-ring (bicyclic) bond motifs is 2.